The number of hydrogen-bond donors (Lipinski definition) is 2. The van der Waals surface area contributed by atoms with E-state index in [9.17, 15) is 0 Å². The highest BCUT2D eigenvalue weighted by molar-refractivity contribution is 6.31. The molecule has 21 heavy (non-hydrogen) atoms. The third-order valence-electron chi connectivity index (χ3n) is 4.05. The Bertz CT molecular complexity index is 761. The molecule has 1 aromatic heterocycles. The van der Waals surface area contributed by atoms with Crippen LogP contribution in [0, 0.1) is 0 Å². The minimum absolute atomic E-state index is 0. The summed E-state index contributed by atoms with van der Waals surface area (Å²) < 4.78 is 0. The molecule has 0 saturated carbocycles. The average molecular weight is 299 g/mol. The van der Waals surface area contributed by atoms with Crippen molar-refractivity contribution in [3.05, 3.63) is 70.4 Å². The van der Waals surface area contributed by atoms with E-state index in [1.807, 2.05) is 6.07 Å². The topological polar surface area (TPSA) is 27.8 Å². The van der Waals surface area contributed by atoms with Crippen molar-refractivity contribution in [1.82, 2.24) is 10.3 Å². The van der Waals surface area contributed by atoms with Gasteiger partial charge in [-0.1, -0.05) is 49.4 Å². The molecule has 2 nitrogen and oxygen atoms in total. The maximum Gasteiger partial charge on any atom is 0.0732 e. The second-order valence-electron chi connectivity index (χ2n) is 5.25. The maximum atomic E-state index is 6.14. The molecule has 108 valence electrons. The molecule has 1 aliphatic heterocycles. The highest BCUT2D eigenvalue weighted by atomic mass is 35.5. The van der Waals surface area contributed by atoms with Crippen molar-refractivity contribution in [1.29, 1.82) is 0 Å². The van der Waals surface area contributed by atoms with E-state index in [0.29, 0.717) is 0 Å². The molecule has 2 aromatic carbocycles. The van der Waals surface area contributed by atoms with Crippen molar-refractivity contribution in [2.24, 2.45) is 0 Å². The normalized spacial score (nSPS) is 17.3. The Kier molecular flexibility index (Phi) is 3.75. The average Bonchev–Trinajstić information content (AvgIpc) is 2.86. The fourth-order valence-corrected chi connectivity index (χ4v) is 3.30. The number of halogens is 1. The smallest absolute Gasteiger partial charge is 0.0732 e. The fraction of sp³-hybridized carbons (Fsp3) is 0.222. The van der Waals surface area contributed by atoms with Gasteiger partial charge in [-0.05, 0) is 35.7 Å². The van der Waals surface area contributed by atoms with Gasteiger partial charge in [0, 0.05) is 28.2 Å². The van der Waals surface area contributed by atoms with Crippen LogP contribution < -0.4 is 5.32 Å². The zero-order valence-corrected chi connectivity index (χ0v) is 11.7. The van der Waals surface area contributed by atoms with E-state index < -0.39 is 0 Å². The Labute approximate surface area is 130 Å². The molecule has 0 saturated heterocycles. The van der Waals surface area contributed by atoms with Crippen molar-refractivity contribution < 1.29 is 0 Å². The van der Waals surface area contributed by atoms with Crippen molar-refractivity contribution >= 4 is 22.5 Å². The summed E-state index contributed by atoms with van der Waals surface area (Å²) in [5, 5.41) is 5.66. The molecule has 0 bridgehead atoms. The summed E-state index contributed by atoms with van der Waals surface area (Å²) in [7, 11) is 0. The van der Waals surface area contributed by atoms with Gasteiger partial charge in [-0.3, -0.25) is 0 Å². The molecular weight excluding hydrogens is 280 g/mol. The van der Waals surface area contributed by atoms with E-state index in [1.54, 1.807) is 0 Å². The van der Waals surface area contributed by atoms with E-state index in [1.165, 1.54) is 27.7 Å². The minimum atomic E-state index is 0. The van der Waals surface area contributed by atoms with Gasteiger partial charge in [-0.15, -0.1) is 0 Å². The number of rotatable bonds is 1. The molecular formula is C18H19ClN2. The molecule has 2 heterocycles. The van der Waals surface area contributed by atoms with E-state index >= 15 is 0 Å². The third-order valence-corrected chi connectivity index (χ3v) is 4.28. The summed E-state index contributed by atoms with van der Waals surface area (Å²) in [5.74, 6) is 0. The van der Waals surface area contributed by atoms with Crippen LogP contribution in [-0.4, -0.2) is 11.5 Å². The monoisotopic (exact) mass is 298 g/mol. The molecule has 3 heteroatoms. The minimum Gasteiger partial charge on any atom is -0.357 e. The summed E-state index contributed by atoms with van der Waals surface area (Å²) >= 11 is 6.14. The predicted octanol–water partition coefficient (Wildman–Crippen LogP) is 4.69. The lowest BCUT2D eigenvalue weighted by atomic mass is 9.94. The van der Waals surface area contributed by atoms with Crippen LogP contribution in [0.2, 0.25) is 5.02 Å². The third kappa shape index (κ3) is 2.35. The van der Waals surface area contributed by atoms with E-state index in [2.05, 4.69) is 52.8 Å². The number of H-pyrrole nitrogens is 1. The second-order valence-corrected chi connectivity index (χ2v) is 5.69. The zero-order chi connectivity index (χ0) is 13.5. The van der Waals surface area contributed by atoms with Crippen LogP contribution in [0.5, 0.6) is 0 Å². The Morgan fingerprint density at radius 3 is 2.67 bits per heavy atom. The van der Waals surface area contributed by atoms with Gasteiger partial charge in [-0.2, -0.15) is 0 Å². The molecule has 0 amide bonds. The van der Waals surface area contributed by atoms with Gasteiger partial charge >= 0.3 is 0 Å². The first-order chi connectivity index (χ1) is 9.83. The first-order valence-corrected chi connectivity index (χ1v) is 7.29. The molecule has 2 N–H and O–H groups in total. The summed E-state index contributed by atoms with van der Waals surface area (Å²) in [6.07, 6.45) is 1.04. The molecule has 0 fully saturated rings. The molecule has 0 aliphatic carbocycles. The summed E-state index contributed by atoms with van der Waals surface area (Å²) in [6.45, 7) is 0.992. The Hall–Kier alpha value is -1.77. The zero-order valence-electron chi connectivity index (χ0n) is 11.0. The standard InChI is InChI=1S/C17H15ClN2.CH4/c18-12-6-7-15-14(10-12)13-8-9-19-16(17(13)20-15)11-4-2-1-3-5-11;/h1-7,10,16,19-20H,8-9H2;1H4. The van der Waals surface area contributed by atoms with E-state index in [0.717, 1.165) is 18.0 Å². The fourth-order valence-electron chi connectivity index (χ4n) is 3.13. The van der Waals surface area contributed by atoms with Gasteiger partial charge < -0.3 is 10.3 Å². The van der Waals surface area contributed by atoms with Gasteiger partial charge in [0.05, 0.1) is 6.04 Å². The molecule has 0 radical (unpaired) electrons. The van der Waals surface area contributed by atoms with Crippen LogP contribution >= 0.6 is 11.6 Å². The van der Waals surface area contributed by atoms with Crippen molar-refractivity contribution in [2.75, 3.05) is 6.54 Å². The molecule has 1 aliphatic rings. The van der Waals surface area contributed by atoms with Crippen LogP contribution in [0.3, 0.4) is 0 Å². The lowest BCUT2D eigenvalue weighted by molar-refractivity contribution is 0.560. The van der Waals surface area contributed by atoms with Gasteiger partial charge in [0.25, 0.3) is 0 Å². The highest BCUT2D eigenvalue weighted by Gasteiger charge is 2.24. The van der Waals surface area contributed by atoms with Crippen molar-refractivity contribution in [3.63, 3.8) is 0 Å². The van der Waals surface area contributed by atoms with Gasteiger partial charge in [0.15, 0.2) is 0 Å². The first kappa shape index (κ1) is 14.2. The molecule has 0 spiro atoms. The largest absolute Gasteiger partial charge is 0.357 e. The summed E-state index contributed by atoms with van der Waals surface area (Å²) in [4.78, 5) is 3.57. The van der Waals surface area contributed by atoms with Crippen LogP contribution in [0.4, 0.5) is 0 Å². The van der Waals surface area contributed by atoms with Gasteiger partial charge in [0.2, 0.25) is 0 Å². The van der Waals surface area contributed by atoms with Crippen LogP contribution in [-0.2, 0) is 6.42 Å². The number of fused-ring (bicyclic) bond motifs is 3. The maximum absolute atomic E-state index is 6.14. The number of aromatic amines is 1. The van der Waals surface area contributed by atoms with Crippen LogP contribution in [0.1, 0.15) is 30.3 Å². The highest BCUT2D eigenvalue weighted by Crippen LogP contribution is 2.34. The van der Waals surface area contributed by atoms with Crippen molar-refractivity contribution in [2.45, 2.75) is 19.9 Å². The van der Waals surface area contributed by atoms with E-state index in [4.69, 9.17) is 11.6 Å². The van der Waals surface area contributed by atoms with Crippen LogP contribution in [0.25, 0.3) is 10.9 Å². The number of hydrogen-bond acceptors (Lipinski definition) is 1. The molecule has 4 rings (SSSR count). The predicted molar refractivity (Wildman–Crippen MR) is 90.0 cm³/mol. The molecule has 3 aromatic rings. The second kappa shape index (κ2) is 5.55. The lowest BCUT2D eigenvalue weighted by Gasteiger charge is -2.24. The molecule has 1 atom stereocenters. The Morgan fingerprint density at radius 1 is 1.05 bits per heavy atom. The summed E-state index contributed by atoms with van der Waals surface area (Å²) in [6, 6.07) is 16.9. The Morgan fingerprint density at radius 2 is 1.86 bits per heavy atom. The quantitative estimate of drug-likeness (QED) is 0.670. The van der Waals surface area contributed by atoms with E-state index in [-0.39, 0.29) is 13.5 Å². The van der Waals surface area contributed by atoms with Crippen molar-refractivity contribution in [3.8, 4) is 0 Å². The number of nitrogens with one attached hydrogen (secondary N) is 2. The first-order valence-electron chi connectivity index (χ1n) is 6.91. The summed E-state index contributed by atoms with van der Waals surface area (Å²) in [5.41, 5.74) is 5.14. The van der Waals surface area contributed by atoms with Gasteiger partial charge in [0.1, 0.15) is 0 Å². The molecule has 1 unspecified atom stereocenters. The lowest BCUT2D eigenvalue weighted by Crippen LogP contribution is -2.30. The Balaban J connectivity index is 0.00000132. The van der Waals surface area contributed by atoms with Crippen LogP contribution in [0.15, 0.2) is 48.5 Å². The number of aromatic nitrogens is 1. The SMILES string of the molecule is C.Clc1ccc2[nH]c3c(c2c1)CCNC3c1ccccc1. The number of benzene rings is 2. The van der Waals surface area contributed by atoms with Gasteiger partial charge in [-0.25, -0.2) is 0 Å².